The fourth-order valence-electron chi connectivity index (χ4n) is 0.941. The molecule has 0 saturated carbocycles. The van der Waals surface area contributed by atoms with E-state index in [9.17, 15) is 4.79 Å². The van der Waals surface area contributed by atoms with E-state index in [2.05, 4.69) is 5.32 Å². The third-order valence-electron chi connectivity index (χ3n) is 1.76. The minimum Gasteiger partial charge on any atom is -0.480 e. The molecule has 0 aliphatic rings. The third kappa shape index (κ3) is 8.68. The molecule has 0 unspecified atom stereocenters. The first-order chi connectivity index (χ1) is 7.22. The minimum atomic E-state index is -0.871. The lowest BCUT2D eigenvalue weighted by atomic mass is 10.3. The fourth-order valence-corrected chi connectivity index (χ4v) is 1.94. The fraction of sp³-hybridized carbons (Fsp3) is 0.889. The zero-order valence-electron chi connectivity index (χ0n) is 8.69. The maximum Gasteiger partial charge on any atom is 0.321 e. The van der Waals surface area contributed by atoms with Crippen molar-refractivity contribution in [3.8, 4) is 0 Å². The maximum absolute atomic E-state index is 10.8. The van der Waals surface area contributed by atoms with Crippen molar-refractivity contribution >= 4 is 17.7 Å². The lowest BCUT2D eigenvalue weighted by Crippen LogP contribution is -2.39. The summed E-state index contributed by atoms with van der Waals surface area (Å²) in [5.41, 5.74) is 0. The van der Waals surface area contributed by atoms with Crippen molar-refractivity contribution in [1.82, 2.24) is 5.32 Å². The van der Waals surface area contributed by atoms with E-state index < -0.39 is 12.0 Å². The molecule has 0 bridgehead atoms. The zero-order valence-corrected chi connectivity index (χ0v) is 9.50. The van der Waals surface area contributed by atoms with E-state index in [1.165, 1.54) is 11.8 Å². The summed E-state index contributed by atoms with van der Waals surface area (Å²) in [5.74, 6) is 0.382. The second-order valence-corrected chi connectivity index (χ2v) is 4.22. The molecule has 5 nitrogen and oxygen atoms in total. The molecule has 0 aromatic heterocycles. The molecule has 1 atom stereocenters. The molecule has 0 radical (unpaired) electrons. The van der Waals surface area contributed by atoms with Crippen molar-refractivity contribution in [2.24, 2.45) is 0 Å². The number of aliphatic carboxylic acids is 1. The van der Waals surface area contributed by atoms with E-state index in [4.69, 9.17) is 15.3 Å². The third-order valence-corrected chi connectivity index (χ3v) is 2.90. The van der Waals surface area contributed by atoms with E-state index in [1.54, 1.807) is 0 Å². The second-order valence-electron chi connectivity index (χ2n) is 3.07. The molecule has 0 fully saturated rings. The summed E-state index contributed by atoms with van der Waals surface area (Å²) in [6.07, 6.45) is 1.25. The zero-order chi connectivity index (χ0) is 11.5. The number of aliphatic hydroxyl groups excluding tert-OH is 2. The van der Waals surface area contributed by atoms with Gasteiger partial charge in [0.25, 0.3) is 0 Å². The number of carbonyl (C=O) groups is 1. The van der Waals surface area contributed by atoms with Gasteiger partial charge < -0.3 is 20.6 Å². The quantitative estimate of drug-likeness (QED) is 0.384. The lowest BCUT2D eigenvalue weighted by molar-refractivity contribution is -0.138. The Bertz CT molecular complexity index is 168. The van der Waals surface area contributed by atoms with E-state index >= 15 is 0 Å². The van der Waals surface area contributed by atoms with E-state index in [-0.39, 0.29) is 13.2 Å². The molecule has 0 saturated heterocycles. The lowest BCUT2D eigenvalue weighted by Gasteiger charge is -2.13. The molecule has 0 aromatic rings. The van der Waals surface area contributed by atoms with E-state index in [0.29, 0.717) is 25.1 Å². The van der Waals surface area contributed by atoms with Crippen molar-refractivity contribution in [2.75, 3.05) is 31.3 Å². The van der Waals surface area contributed by atoms with Crippen LogP contribution in [-0.4, -0.2) is 58.6 Å². The summed E-state index contributed by atoms with van der Waals surface area (Å²) in [6, 6.07) is -0.569. The number of thioether (sulfide) groups is 1. The summed E-state index contributed by atoms with van der Waals surface area (Å²) >= 11 is 1.51. The first-order valence-electron chi connectivity index (χ1n) is 4.98. The predicted molar refractivity (Wildman–Crippen MR) is 60.2 cm³/mol. The Morgan fingerprint density at radius 1 is 1.27 bits per heavy atom. The molecule has 0 aliphatic carbocycles. The molecule has 0 heterocycles. The Hall–Kier alpha value is -0.300. The van der Waals surface area contributed by atoms with Crippen molar-refractivity contribution in [2.45, 2.75) is 18.9 Å². The highest BCUT2D eigenvalue weighted by Crippen LogP contribution is 2.05. The summed E-state index contributed by atoms with van der Waals surface area (Å²) < 4.78 is 0. The van der Waals surface area contributed by atoms with Crippen LogP contribution in [0, 0.1) is 0 Å². The highest BCUT2D eigenvalue weighted by atomic mass is 32.2. The van der Waals surface area contributed by atoms with Crippen LogP contribution in [0.4, 0.5) is 0 Å². The SMILES string of the molecule is O=C(O)[C@H](CSCCCO)NCCCO. The standard InChI is InChI=1S/C9H19NO4S/c11-4-1-3-10-8(9(13)14)7-15-6-2-5-12/h8,10-12H,1-7H2,(H,13,14)/t8-/m0/s1. The number of hydrogen-bond donors (Lipinski definition) is 4. The van der Waals surface area contributed by atoms with Crippen LogP contribution in [0.15, 0.2) is 0 Å². The first kappa shape index (κ1) is 14.7. The van der Waals surface area contributed by atoms with Gasteiger partial charge in [0.15, 0.2) is 0 Å². The average Bonchev–Trinajstić information content (AvgIpc) is 2.21. The van der Waals surface area contributed by atoms with Crippen LogP contribution in [-0.2, 0) is 4.79 Å². The van der Waals surface area contributed by atoms with Gasteiger partial charge in [-0.1, -0.05) is 0 Å². The summed E-state index contributed by atoms with van der Waals surface area (Å²) in [4.78, 5) is 10.8. The molecule has 0 rings (SSSR count). The number of aliphatic hydroxyl groups is 2. The number of carboxylic acid groups (broad SMARTS) is 1. The van der Waals surface area contributed by atoms with Gasteiger partial charge >= 0.3 is 5.97 Å². The van der Waals surface area contributed by atoms with Crippen LogP contribution >= 0.6 is 11.8 Å². The molecule has 4 N–H and O–H groups in total. The van der Waals surface area contributed by atoms with Gasteiger partial charge in [-0.15, -0.1) is 0 Å². The van der Waals surface area contributed by atoms with Crippen LogP contribution in [0.5, 0.6) is 0 Å². The van der Waals surface area contributed by atoms with Gasteiger partial charge in [0.1, 0.15) is 6.04 Å². The topological polar surface area (TPSA) is 89.8 Å². The summed E-state index contributed by atoms with van der Waals surface area (Å²) in [5, 5.41) is 28.8. The van der Waals surface area contributed by atoms with Gasteiger partial charge in [-0.25, -0.2) is 0 Å². The summed E-state index contributed by atoms with van der Waals surface area (Å²) in [7, 11) is 0. The number of nitrogens with one attached hydrogen (secondary N) is 1. The van der Waals surface area contributed by atoms with Crippen LogP contribution < -0.4 is 5.32 Å². The Balaban J connectivity index is 3.59. The molecule has 0 aromatic carbocycles. The van der Waals surface area contributed by atoms with E-state index in [1.807, 2.05) is 0 Å². The van der Waals surface area contributed by atoms with Crippen molar-refractivity contribution in [3.63, 3.8) is 0 Å². The molecule has 0 amide bonds. The average molecular weight is 237 g/mol. The first-order valence-corrected chi connectivity index (χ1v) is 6.13. The summed E-state index contributed by atoms with van der Waals surface area (Å²) in [6.45, 7) is 0.716. The largest absolute Gasteiger partial charge is 0.480 e. The van der Waals surface area contributed by atoms with Gasteiger partial charge in [0.05, 0.1) is 0 Å². The normalized spacial score (nSPS) is 12.7. The minimum absolute atomic E-state index is 0.0665. The number of carboxylic acids is 1. The number of rotatable bonds is 10. The Kier molecular flexibility index (Phi) is 10.0. The van der Waals surface area contributed by atoms with Crippen LogP contribution in [0.2, 0.25) is 0 Å². The van der Waals surface area contributed by atoms with Crippen molar-refractivity contribution in [3.05, 3.63) is 0 Å². The molecule has 15 heavy (non-hydrogen) atoms. The molecule has 6 heteroatoms. The second kappa shape index (κ2) is 10.2. The highest BCUT2D eigenvalue weighted by Gasteiger charge is 2.15. The molecule has 90 valence electrons. The maximum atomic E-state index is 10.8. The molecular formula is C9H19NO4S. The van der Waals surface area contributed by atoms with Gasteiger partial charge in [0.2, 0.25) is 0 Å². The predicted octanol–water partition coefficient (Wildman–Crippen LogP) is -0.473. The Morgan fingerprint density at radius 3 is 2.47 bits per heavy atom. The van der Waals surface area contributed by atoms with E-state index in [0.717, 1.165) is 5.75 Å². The van der Waals surface area contributed by atoms with Gasteiger partial charge in [-0.3, -0.25) is 4.79 Å². The van der Waals surface area contributed by atoms with Crippen molar-refractivity contribution in [1.29, 1.82) is 0 Å². The Morgan fingerprint density at radius 2 is 1.93 bits per heavy atom. The Labute approximate surface area is 93.9 Å². The molecular weight excluding hydrogens is 218 g/mol. The highest BCUT2D eigenvalue weighted by molar-refractivity contribution is 7.99. The van der Waals surface area contributed by atoms with Gasteiger partial charge in [-0.2, -0.15) is 11.8 Å². The van der Waals surface area contributed by atoms with Crippen molar-refractivity contribution < 1.29 is 20.1 Å². The van der Waals surface area contributed by atoms with Gasteiger partial charge in [-0.05, 0) is 25.1 Å². The monoisotopic (exact) mass is 237 g/mol. The smallest absolute Gasteiger partial charge is 0.321 e. The molecule has 0 aliphatic heterocycles. The van der Waals surface area contributed by atoms with Gasteiger partial charge in [0, 0.05) is 19.0 Å². The van der Waals surface area contributed by atoms with Crippen LogP contribution in [0.1, 0.15) is 12.8 Å². The number of hydrogen-bond acceptors (Lipinski definition) is 5. The van der Waals surface area contributed by atoms with Crippen LogP contribution in [0.25, 0.3) is 0 Å². The molecule has 0 spiro atoms. The van der Waals surface area contributed by atoms with Crippen LogP contribution in [0.3, 0.4) is 0 Å².